The molecule has 152 valence electrons. The normalized spacial score (nSPS) is 17.4. The van der Waals surface area contributed by atoms with Gasteiger partial charge in [-0.3, -0.25) is 4.79 Å². The molecule has 1 fully saturated rings. The molecule has 2 aromatic heterocycles. The smallest absolute Gasteiger partial charge is 0.255 e. The summed E-state index contributed by atoms with van der Waals surface area (Å²) >= 11 is 0. The number of carbonyl (C=O) groups is 1. The van der Waals surface area contributed by atoms with Crippen LogP contribution in [0.3, 0.4) is 0 Å². The number of aryl methyl sites for hydroxylation is 1. The second-order valence-corrected chi connectivity index (χ2v) is 7.66. The molecule has 0 radical (unpaired) electrons. The quantitative estimate of drug-likeness (QED) is 0.673. The highest BCUT2D eigenvalue weighted by Gasteiger charge is 2.35. The summed E-state index contributed by atoms with van der Waals surface area (Å²) in [6.45, 7) is 4.66. The number of amides is 1. The summed E-state index contributed by atoms with van der Waals surface area (Å²) in [5.41, 5.74) is 8.71. The van der Waals surface area contributed by atoms with Crippen LogP contribution in [0, 0.1) is 6.92 Å². The Morgan fingerprint density at radius 3 is 2.55 bits per heavy atom. The molecule has 1 atom stereocenters. The van der Waals surface area contributed by atoms with Gasteiger partial charge in [-0.1, -0.05) is 30.3 Å². The van der Waals surface area contributed by atoms with Crippen molar-refractivity contribution in [3.8, 4) is 0 Å². The van der Waals surface area contributed by atoms with Crippen molar-refractivity contribution in [2.24, 2.45) is 5.73 Å². The fourth-order valence-corrected chi connectivity index (χ4v) is 3.92. The number of aliphatic hydroxyl groups excluding tert-OH is 1. The fourth-order valence-electron chi connectivity index (χ4n) is 3.92. The lowest BCUT2D eigenvalue weighted by molar-refractivity contribution is 0.0663. The van der Waals surface area contributed by atoms with Gasteiger partial charge in [-0.05, 0) is 25.1 Å². The molecule has 3 aromatic rings. The van der Waals surface area contributed by atoms with E-state index in [9.17, 15) is 9.90 Å². The van der Waals surface area contributed by atoms with E-state index in [0.717, 1.165) is 24.2 Å². The Hall–Kier alpha value is -2.81. The number of likely N-dealkylation sites (N-methyl/N-ethyl adjacent to an activating group) is 1. The lowest BCUT2D eigenvalue weighted by Gasteiger charge is -2.32. The third-order valence-electron chi connectivity index (χ3n) is 5.81. The van der Waals surface area contributed by atoms with Crippen LogP contribution in [-0.2, 0) is 5.54 Å². The van der Waals surface area contributed by atoms with Crippen molar-refractivity contribution >= 4 is 11.4 Å². The average Bonchev–Trinajstić information content (AvgIpc) is 3.10. The topological polar surface area (TPSA) is 100.0 Å². The van der Waals surface area contributed by atoms with E-state index in [-0.39, 0.29) is 12.5 Å². The number of fused-ring (bicyclic) bond motifs is 1. The van der Waals surface area contributed by atoms with E-state index >= 15 is 0 Å². The number of aromatic nitrogens is 3. The number of aliphatic hydroxyl groups is 1. The molecule has 1 amide bonds. The number of nitrogens with two attached hydrogens (primary N) is 1. The van der Waals surface area contributed by atoms with Crippen molar-refractivity contribution in [1.82, 2.24) is 24.4 Å². The molecule has 0 spiro atoms. The average molecular weight is 394 g/mol. The Bertz CT molecular complexity index is 1030. The summed E-state index contributed by atoms with van der Waals surface area (Å²) in [6, 6.07) is 9.37. The van der Waals surface area contributed by atoms with Crippen LogP contribution in [0.2, 0.25) is 0 Å². The Morgan fingerprint density at radius 1 is 1.21 bits per heavy atom. The molecule has 1 aliphatic rings. The van der Waals surface area contributed by atoms with Crippen LogP contribution in [0.5, 0.6) is 0 Å². The molecule has 3 N–H and O–H groups in total. The monoisotopic (exact) mass is 394 g/mol. The summed E-state index contributed by atoms with van der Waals surface area (Å²) in [5.74, 6) is -0.0154. The molecule has 29 heavy (non-hydrogen) atoms. The minimum atomic E-state index is -1.21. The molecular weight excluding hydrogens is 368 g/mol. The Kier molecular flexibility index (Phi) is 5.08. The molecule has 4 rings (SSSR count). The van der Waals surface area contributed by atoms with E-state index in [1.807, 2.05) is 42.2 Å². The van der Waals surface area contributed by atoms with Gasteiger partial charge in [-0.15, -0.1) is 0 Å². The maximum atomic E-state index is 13.2. The fraction of sp³-hybridized carbons (Fsp3) is 0.381. The number of rotatable bonds is 4. The van der Waals surface area contributed by atoms with Crippen LogP contribution in [0.4, 0.5) is 0 Å². The summed E-state index contributed by atoms with van der Waals surface area (Å²) in [5, 5.41) is 14.5. The van der Waals surface area contributed by atoms with Crippen LogP contribution < -0.4 is 5.73 Å². The van der Waals surface area contributed by atoms with Gasteiger partial charge in [0.1, 0.15) is 11.9 Å². The van der Waals surface area contributed by atoms with Gasteiger partial charge in [0.2, 0.25) is 0 Å². The molecule has 3 heterocycles. The van der Waals surface area contributed by atoms with Gasteiger partial charge < -0.3 is 20.6 Å². The van der Waals surface area contributed by atoms with E-state index < -0.39 is 5.54 Å². The van der Waals surface area contributed by atoms with Gasteiger partial charge in [0.05, 0.1) is 23.4 Å². The molecule has 8 heteroatoms. The molecule has 0 saturated carbocycles. The van der Waals surface area contributed by atoms with E-state index in [2.05, 4.69) is 22.0 Å². The van der Waals surface area contributed by atoms with Crippen LogP contribution in [-0.4, -0.2) is 75.2 Å². The van der Waals surface area contributed by atoms with E-state index in [1.165, 1.54) is 6.33 Å². The van der Waals surface area contributed by atoms with E-state index in [4.69, 9.17) is 5.73 Å². The first-order valence-corrected chi connectivity index (χ1v) is 9.72. The maximum Gasteiger partial charge on any atom is 0.255 e. The minimum Gasteiger partial charge on any atom is -0.394 e. The third-order valence-corrected chi connectivity index (χ3v) is 5.81. The predicted molar refractivity (Wildman–Crippen MR) is 110 cm³/mol. The molecule has 1 aliphatic heterocycles. The van der Waals surface area contributed by atoms with Gasteiger partial charge in [0.25, 0.3) is 5.91 Å². The molecule has 0 aliphatic carbocycles. The number of nitrogens with zero attached hydrogens (tertiary/aromatic N) is 5. The van der Waals surface area contributed by atoms with Crippen LogP contribution >= 0.6 is 0 Å². The molecule has 0 bridgehead atoms. The molecule has 8 nitrogen and oxygen atoms in total. The van der Waals surface area contributed by atoms with Crippen molar-refractivity contribution < 1.29 is 9.90 Å². The van der Waals surface area contributed by atoms with Crippen molar-refractivity contribution in [2.45, 2.75) is 12.5 Å². The third kappa shape index (κ3) is 3.29. The second-order valence-electron chi connectivity index (χ2n) is 7.66. The highest BCUT2D eigenvalue weighted by Crippen LogP contribution is 2.31. The highest BCUT2D eigenvalue weighted by molar-refractivity contribution is 5.98. The van der Waals surface area contributed by atoms with Crippen LogP contribution in [0.25, 0.3) is 5.52 Å². The van der Waals surface area contributed by atoms with Crippen molar-refractivity contribution in [3.05, 3.63) is 65.2 Å². The van der Waals surface area contributed by atoms with Gasteiger partial charge in [-0.2, -0.15) is 5.10 Å². The van der Waals surface area contributed by atoms with Gasteiger partial charge in [0.15, 0.2) is 0 Å². The summed E-state index contributed by atoms with van der Waals surface area (Å²) in [7, 11) is 2.06. The standard InChI is InChI=1S/C21H26N6O2/c1-15-17(20(29)26-10-8-25(2)9-11-26)12-27-18(15)19(23-14-24-27)21(22,13-28)16-6-4-3-5-7-16/h3-7,12,14,28H,8-11,13,22H2,1-2H3/t21-/m0/s1. The van der Waals surface area contributed by atoms with Crippen LogP contribution in [0.15, 0.2) is 42.9 Å². The molecular formula is C21H26N6O2. The highest BCUT2D eigenvalue weighted by atomic mass is 16.3. The zero-order chi connectivity index (χ0) is 20.6. The first-order valence-electron chi connectivity index (χ1n) is 9.72. The zero-order valence-corrected chi connectivity index (χ0v) is 16.7. The molecule has 0 unspecified atom stereocenters. The van der Waals surface area contributed by atoms with Crippen molar-refractivity contribution in [1.29, 1.82) is 0 Å². The Labute approximate surface area is 169 Å². The van der Waals surface area contributed by atoms with E-state index in [1.54, 1.807) is 10.7 Å². The minimum absolute atomic E-state index is 0.0154. The number of benzene rings is 1. The molecule has 1 saturated heterocycles. The summed E-state index contributed by atoms with van der Waals surface area (Å²) in [4.78, 5) is 21.7. The maximum absolute atomic E-state index is 13.2. The second kappa shape index (κ2) is 7.55. The number of piperazine rings is 1. The number of hydrogen-bond donors (Lipinski definition) is 2. The first-order chi connectivity index (χ1) is 14.0. The Balaban J connectivity index is 1.81. The number of hydrogen-bond acceptors (Lipinski definition) is 6. The largest absolute Gasteiger partial charge is 0.394 e. The van der Waals surface area contributed by atoms with Crippen molar-refractivity contribution in [2.75, 3.05) is 39.8 Å². The van der Waals surface area contributed by atoms with Gasteiger partial charge in [0, 0.05) is 32.4 Å². The lowest BCUT2D eigenvalue weighted by Crippen LogP contribution is -2.47. The van der Waals surface area contributed by atoms with E-state index in [0.29, 0.717) is 29.9 Å². The predicted octanol–water partition coefficient (Wildman–Crippen LogP) is 0.620. The SMILES string of the molecule is Cc1c(C(=O)N2CCN(C)CC2)cn2ncnc([C@](N)(CO)c3ccccc3)c12. The van der Waals surface area contributed by atoms with Gasteiger partial charge in [-0.25, -0.2) is 9.50 Å². The van der Waals surface area contributed by atoms with Crippen molar-refractivity contribution in [3.63, 3.8) is 0 Å². The van der Waals surface area contributed by atoms with Crippen LogP contribution in [0.1, 0.15) is 27.2 Å². The Morgan fingerprint density at radius 2 is 1.90 bits per heavy atom. The molecule has 1 aromatic carbocycles. The summed E-state index contributed by atoms with van der Waals surface area (Å²) < 4.78 is 1.64. The zero-order valence-electron chi connectivity index (χ0n) is 16.7. The summed E-state index contributed by atoms with van der Waals surface area (Å²) in [6.07, 6.45) is 3.14. The van der Waals surface area contributed by atoms with Gasteiger partial charge >= 0.3 is 0 Å². The first kappa shape index (κ1) is 19.5. The number of carbonyl (C=O) groups excluding carboxylic acids is 1. The lowest BCUT2D eigenvalue weighted by atomic mass is 9.87.